The van der Waals surface area contributed by atoms with Crippen LogP contribution in [0.5, 0.6) is 11.8 Å². The fraction of sp³-hybridized carbons (Fsp3) is 0.444. The van der Waals surface area contributed by atoms with E-state index < -0.39 is 11.7 Å². The van der Waals surface area contributed by atoms with E-state index in [1.165, 1.54) is 20.3 Å². The molecule has 1 N–H and O–H groups in total. The van der Waals surface area contributed by atoms with Crippen molar-refractivity contribution in [3.05, 3.63) is 28.8 Å². The number of rotatable bonds is 7. The molecule has 1 aromatic carbocycles. The van der Waals surface area contributed by atoms with Crippen molar-refractivity contribution in [1.29, 1.82) is 0 Å². The van der Waals surface area contributed by atoms with Crippen LogP contribution >= 0.6 is 11.6 Å². The number of methoxy groups -OCH3 is 2. The van der Waals surface area contributed by atoms with Gasteiger partial charge in [-0.3, -0.25) is 0 Å². The topological polar surface area (TPSA) is 56.3 Å². The molecular weight excluding hydrogens is 383 g/mol. The van der Waals surface area contributed by atoms with Gasteiger partial charge in [-0.25, -0.2) is 4.98 Å². The van der Waals surface area contributed by atoms with Crippen LogP contribution in [-0.4, -0.2) is 30.2 Å². The molecule has 0 atom stereocenters. The first kappa shape index (κ1) is 21.1. The second kappa shape index (κ2) is 8.65. The summed E-state index contributed by atoms with van der Waals surface area (Å²) in [6.45, 7) is 4.07. The van der Waals surface area contributed by atoms with Gasteiger partial charge in [-0.05, 0) is 25.0 Å². The van der Waals surface area contributed by atoms with Crippen molar-refractivity contribution < 1.29 is 22.6 Å². The zero-order valence-corrected chi connectivity index (χ0v) is 16.2. The Morgan fingerprint density at radius 3 is 2.19 bits per heavy atom. The Hall–Kier alpha value is -2.22. The summed E-state index contributed by atoms with van der Waals surface area (Å²) in [6.07, 6.45) is -2.75. The second-order valence-corrected chi connectivity index (χ2v) is 6.20. The molecule has 0 aliphatic heterocycles. The van der Waals surface area contributed by atoms with Crippen LogP contribution in [0.2, 0.25) is 5.02 Å². The maximum atomic E-state index is 12.9. The van der Waals surface area contributed by atoms with Gasteiger partial charge in [0, 0.05) is 11.6 Å². The van der Waals surface area contributed by atoms with Gasteiger partial charge >= 0.3 is 6.18 Å². The maximum Gasteiger partial charge on any atom is 0.416 e. The molecule has 2 rings (SSSR count). The van der Waals surface area contributed by atoms with E-state index in [2.05, 4.69) is 15.3 Å². The largest absolute Gasteiger partial charge is 0.479 e. The van der Waals surface area contributed by atoms with Crippen molar-refractivity contribution in [2.24, 2.45) is 0 Å². The summed E-state index contributed by atoms with van der Waals surface area (Å²) < 4.78 is 49.2. The molecule has 0 bridgehead atoms. The van der Waals surface area contributed by atoms with Gasteiger partial charge in [0.1, 0.15) is 5.69 Å². The van der Waals surface area contributed by atoms with Crippen molar-refractivity contribution in [2.75, 3.05) is 19.5 Å². The Morgan fingerprint density at radius 2 is 1.70 bits per heavy atom. The lowest BCUT2D eigenvalue weighted by Gasteiger charge is -2.19. The predicted octanol–water partition coefficient (Wildman–Crippen LogP) is 5.43. The highest BCUT2D eigenvalue weighted by molar-refractivity contribution is 6.33. The standard InChI is InChI=1S/C18H21ClF3N3O2/c1-5-11(6-2)23-15-17(27-4)24-14(16(25-15)26-3)12-8-7-10(9-13(12)19)18(20,21)22/h7-9,11H,5-6H2,1-4H3,(H,23,25). The van der Waals surface area contributed by atoms with E-state index in [0.29, 0.717) is 5.82 Å². The maximum absolute atomic E-state index is 12.9. The lowest BCUT2D eigenvalue weighted by Crippen LogP contribution is -2.19. The number of nitrogens with zero attached hydrogens (tertiary/aromatic N) is 2. The van der Waals surface area contributed by atoms with Gasteiger partial charge in [-0.2, -0.15) is 18.2 Å². The molecule has 9 heteroatoms. The van der Waals surface area contributed by atoms with Crippen LogP contribution < -0.4 is 14.8 Å². The normalized spacial score (nSPS) is 11.6. The molecule has 1 heterocycles. The zero-order chi connectivity index (χ0) is 20.2. The minimum absolute atomic E-state index is 0.111. The number of ether oxygens (including phenoxy) is 2. The molecule has 0 saturated carbocycles. The number of hydrogen-bond acceptors (Lipinski definition) is 5. The van der Waals surface area contributed by atoms with E-state index in [9.17, 15) is 13.2 Å². The van der Waals surface area contributed by atoms with Gasteiger partial charge in [0.2, 0.25) is 5.88 Å². The van der Waals surface area contributed by atoms with Crippen LogP contribution in [0.1, 0.15) is 32.3 Å². The van der Waals surface area contributed by atoms with E-state index in [1.807, 2.05) is 13.8 Å². The first-order valence-corrected chi connectivity index (χ1v) is 8.76. The monoisotopic (exact) mass is 403 g/mol. The van der Waals surface area contributed by atoms with E-state index in [0.717, 1.165) is 25.0 Å². The van der Waals surface area contributed by atoms with Crippen molar-refractivity contribution in [3.63, 3.8) is 0 Å². The van der Waals surface area contributed by atoms with Gasteiger partial charge in [-0.15, -0.1) is 0 Å². The van der Waals surface area contributed by atoms with Crippen LogP contribution in [0, 0.1) is 0 Å². The van der Waals surface area contributed by atoms with Gasteiger partial charge in [0.05, 0.1) is 24.8 Å². The second-order valence-electron chi connectivity index (χ2n) is 5.79. The molecule has 0 aliphatic carbocycles. The third-order valence-electron chi connectivity index (χ3n) is 4.10. The lowest BCUT2D eigenvalue weighted by molar-refractivity contribution is -0.137. The van der Waals surface area contributed by atoms with Crippen LogP contribution in [-0.2, 0) is 6.18 Å². The average Bonchev–Trinajstić information content (AvgIpc) is 2.64. The fourth-order valence-corrected chi connectivity index (χ4v) is 2.80. The number of hydrogen-bond donors (Lipinski definition) is 1. The predicted molar refractivity (Wildman–Crippen MR) is 98.6 cm³/mol. The van der Waals surface area contributed by atoms with E-state index in [1.54, 1.807) is 0 Å². The third kappa shape index (κ3) is 4.74. The Morgan fingerprint density at radius 1 is 1.07 bits per heavy atom. The fourth-order valence-electron chi connectivity index (χ4n) is 2.53. The zero-order valence-electron chi connectivity index (χ0n) is 15.4. The summed E-state index contributed by atoms with van der Waals surface area (Å²) in [4.78, 5) is 8.75. The quantitative estimate of drug-likeness (QED) is 0.667. The number of halogens is 4. The SMILES string of the molecule is CCC(CC)Nc1nc(OC)c(-c2ccc(C(F)(F)F)cc2Cl)nc1OC. The minimum atomic E-state index is -4.49. The first-order valence-electron chi connectivity index (χ1n) is 8.38. The van der Waals surface area contributed by atoms with E-state index >= 15 is 0 Å². The Bertz CT molecular complexity index is 796. The third-order valence-corrected chi connectivity index (χ3v) is 4.41. The average molecular weight is 404 g/mol. The molecule has 0 unspecified atom stereocenters. The Balaban J connectivity index is 2.54. The van der Waals surface area contributed by atoms with Crippen LogP contribution in [0.4, 0.5) is 19.0 Å². The Kier molecular flexibility index (Phi) is 6.75. The molecule has 0 fully saturated rings. The molecule has 148 valence electrons. The summed E-state index contributed by atoms with van der Waals surface area (Å²) in [6, 6.07) is 3.19. The van der Waals surface area contributed by atoms with Crippen molar-refractivity contribution in [3.8, 4) is 23.0 Å². The molecule has 27 heavy (non-hydrogen) atoms. The lowest BCUT2D eigenvalue weighted by atomic mass is 10.1. The van der Waals surface area contributed by atoms with E-state index in [-0.39, 0.29) is 34.1 Å². The van der Waals surface area contributed by atoms with Gasteiger partial charge in [0.15, 0.2) is 5.82 Å². The molecule has 0 aliphatic rings. The smallest absolute Gasteiger partial charge is 0.416 e. The number of benzene rings is 1. The van der Waals surface area contributed by atoms with Crippen LogP contribution in [0.25, 0.3) is 11.3 Å². The minimum Gasteiger partial charge on any atom is -0.479 e. The number of anilines is 1. The van der Waals surface area contributed by atoms with Gasteiger partial charge in [-0.1, -0.05) is 31.5 Å². The number of alkyl halides is 3. The number of nitrogens with one attached hydrogen (secondary N) is 1. The Labute approximate surface area is 160 Å². The van der Waals surface area contributed by atoms with Crippen LogP contribution in [0.15, 0.2) is 18.2 Å². The molecule has 2 aromatic rings. The van der Waals surface area contributed by atoms with Crippen LogP contribution in [0.3, 0.4) is 0 Å². The first-order chi connectivity index (χ1) is 12.7. The molecule has 0 amide bonds. The highest BCUT2D eigenvalue weighted by atomic mass is 35.5. The van der Waals surface area contributed by atoms with Crippen molar-refractivity contribution >= 4 is 17.4 Å². The summed E-state index contributed by atoms with van der Waals surface area (Å²) in [5.74, 6) is 0.731. The van der Waals surface area contributed by atoms with E-state index in [4.69, 9.17) is 21.1 Å². The molecule has 5 nitrogen and oxygen atoms in total. The summed E-state index contributed by atoms with van der Waals surface area (Å²) in [5, 5.41) is 3.12. The molecule has 0 spiro atoms. The van der Waals surface area contributed by atoms with Crippen molar-refractivity contribution in [1.82, 2.24) is 9.97 Å². The van der Waals surface area contributed by atoms with Gasteiger partial charge in [0.25, 0.3) is 5.88 Å². The highest BCUT2D eigenvalue weighted by Gasteiger charge is 2.31. The van der Waals surface area contributed by atoms with Crippen molar-refractivity contribution in [2.45, 2.75) is 38.9 Å². The molecule has 1 aromatic heterocycles. The van der Waals surface area contributed by atoms with Gasteiger partial charge < -0.3 is 14.8 Å². The summed E-state index contributed by atoms with van der Waals surface area (Å²) in [7, 11) is 2.84. The molecule has 0 radical (unpaired) electrons. The molecular formula is C18H21ClF3N3O2. The summed E-state index contributed by atoms with van der Waals surface area (Å²) in [5.41, 5.74) is -0.383. The number of aromatic nitrogens is 2. The summed E-state index contributed by atoms with van der Waals surface area (Å²) >= 11 is 6.08. The highest BCUT2D eigenvalue weighted by Crippen LogP contribution is 2.39. The molecule has 0 saturated heterocycles.